The Labute approximate surface area is 172 Å². The molecule has 1 saturated heterocycles. The van der Waals surface area contributed by atoms with Crippen LogP contribution in [0.25, 0.3) is 0 Å². The molecule has 0 bridgehead atoms. The van der Waals surface area contributed by atoms with Crippen molar-refractivity contribution in [1.82, 2.24) is 9.88 Å². The molecule has 1 unspecified atom stereocenters. The summed E-state index contributed by atoms with van der Waals surface area (Å²) < 4.78 is 5.76. The van der Waals surface area contributed by atoms with Crippen LogP contribution in [0.3, 0.4) is 0 Å². The van der Waals surface area contributed by atoms with Gasteiger partial charge in [-0.05, 0) is 43.9 Å². The summed E-state index contributed by atoms with van der Waals surface area (Å²) in [5.41, 5.74) is 4.26. The summed E-state index contributed by atoms with van der Waals surface area (Å²) in [4.78, 5) is 7.14. The average molecular weight is 392 g/mol. The van der Waals surface area contributed by atoms with Crippen LogP contribution in [0, 0.1) is 11.3 Å². The number of likely N-dealkylation sites (N-methyl/N-ethyl adjacent to an activating group) is 1. The van der Waals surface area contributed by atoms with Gasteiger partial charge in [0.25, 0.3) is 0 Å². The van der Waals surface area contributed by atoms with E-state index >= 15 is 0 Å². The van der Waals surface area contributed by atoms with E-state index in [0.29, 0.717) is 11.4 Å². The second kappa shape index (κ2) is 9.25. The van der Waals surface area contributed by atoms with Gasteiger partial charge in [0.2, 0.25) is 0 Å². The summed E-state index contributed by atoms with van der Waals surface area (Å²) in [6.45, 7) is 4.13. The van der Waals surface area contributed by atoms with E-state index in [1.165, 1.54) is 5.56 Å². The number of fused-ring (bicyclic) bond motifs is 1. The monoisotopic (exact) mass is 391 g/mol. The van der Waals surface area contributed by atoms with Crippen LogP contribution in [-0.2, 0) is 24.1 Å². The summed E-state index contributed by atoms with van der Waals surface area (Å²) >= 11 is 0. The van der Waals surface area contributed by atoms with Gasteiger partial charge in [0.05, 0.1) is 11.7 Å². The fraction of sp³-hybridized carbons (Fsp3) is 0.478. The Morgan fingerprint density at radius 2 is 2.07 bits per heavy atom. The topological polar surface area (TPSA) is 73.2 Å². The first-order valence-corrected chi connectivity index (χ1v) is 10.5. The molecule has 1 atom stereocenters. The van der Waals surface area contributed by atoms with Crippen LogP contribution < -0.4 is 10.6 Å². The van der Waals surface area contributed by atoms with E-state index in [-0.39, 0.29) is 6.10 Å². The molecule has 1 aromatic carbocycles. The van der Waals surface area contributed by atoms with Crippen molar-refractivity contribution in [2.24, 2.45) is 0 Å². The van der Waals surface area contributed by atoms with Crippen LogP contribution >= 0.6 is 0 Å². The molecular formula is C23H29N5O. The lowest BCUT2D eigenvalue weighted by molar-refractivity contribution is 0.120. The Morgan fingerprint density at radius 1 is 1.21 bits per heavy atom. The number of nitriles is 1. The summed E-state index contributed by atoms with van der Waals surface area (Å²) in [5, 5.41) is 16.8. The van der Waals surface area contributed by atoms with E-state index in [1.54, 1.807) is 0 Å². The van der Waals surface area contributed by atoms with E-state index < -0.39 is 0 Å². The lowest BCUT2D eigenvalue weighted by Crippen LogP contribution is -2.30. The molecule has 2 N–H and O–H groups in total. The van der Waals surface area contributed by atoms with Crippen LogP contribution in [0.1, 0.15) is 35.1 Å². The van der Waals surface area contributed by atoms with E-state index in [9.17, 15) is 5.26 Å². The Kier molecular flexibility index (Phi) is 6.28. The fourth-order valence-electron chi connectivity index (χ4n) is 4.15. The second-order valence-corrected chi connectivity index (χ2v) is 7.92. The first kappa shape index (κ1) is 19.7. The largest absolute Gasteiger partial charge is 0.376 e. The Hall–Kier alpha value is -2.62. The van der Waals surface area contributed by atoms with Crippen molar-refractivity contribution in [3.63, 3.8) is 0 Å². The predicted molar refractivity (Wildman–Crippen MR) is 115 cm³/mol. The average Bonchev–Trinajstić information content (AvgIpc) is 3.26. The summed E-state index contributed by atoms with van der Waals surface area (Å²) in [6, 6.07) is 12.8. The van der Waals surface area contributed by atoms with Gasteiger partial charge < -0.3 is 20.3 Å². The molecule has 0 radical (unpaired) electrons. The maximum atomic E-state index is 9.87. The van der Waals surface area contributed by atoms with E-state index in [0.717, 1.165) is 75.4 Å². The number of nitrogens with zero attached hydrogens (tertiary/aromatic N) is 3. The fourth-order valence-corrected chi connectivity index (χ4v) is 4.15. The number of aromatic nitrogens is 1. The minimum atomic E-state index is 0.249. The second-order valence-electron chi connectivity index (χ2n) is 7.92. The number of hydrogen-bond donors (Lipinski definition) is 2. The normalized spacial score (nSPS) is 18.8. The Morgan fingerprint density at radius 3 is 2.83 bits per heavy atom. The van der Waals surface area contributed by atoms with Crippen molar-refractivity contribution in [2.75, 3.05) is 43.9 Å². The number of ether oxygens (including phenoxy) is 1. The molecule has 29 heavy (non-hydrogen) atoms. The van der Waals surface area contributed by atoms with Crippen molar-refractivity contribution in [1.29, 1.82) is 5.26 Å². The minimum absolute atomic E-state index is 0.249. The quantitative estimate of drug-likeness (QED) is 0.755. The van der Waals surface area contributed by atoms with Crippen LogP contribution in [0.5, 0.6) is 0 Å². The van der Waals surface area contributed by atoms with Crippen LogP contribution in [0.15, 0.2) is 30.3 Å². The lowest BCUT2D eigenvalue weighted by Gasteiger charge is -2.29. The van der Waals surface area contributed by atoms with Crippen molar-refractivity contribution in [3.05, 3.63) is 52.6 Å². The molecule has 0 saturated carbocycles. The number of hydrogen-bond acceptors (Lipinski definition) is 6. The highest BCUT2D eigenvalue weighted by Gasteiger charge is 2.25. The van der Waals surface area contributed by atoms with Gasteiger partial charge in [0.1, 0.15) is 17.7 Å². The molecule has 2 aliphatic rings. The molecule has 1 aromatic heterocycles. The van der Waals surface area contributed by atoms with Gasteiger partial charge in [0, 0.05) is 38.3 Å². The SMILES string of the molecule is CN1CCc2c(C#N)c(NCCc3ccccc3)nc(NCC3CCCO3)c2C1. The molecular weight excluding hydrogens is 362 g/mol. The maximum Gasteiger partial charge on any atom is 0.146 e. The number of rotatable bonds is 7. The number of anilines is 2. The summed E-state index contributed by atoms with van der Waals surface area (Å²) in [5.74, 6) is 1.59. The smallest absolute Gasteiger partial charge is 0.146 e. The number of nitrogens with one attached hydrogen (secondary N) is 2. The Balaban J connectivity index is 1.55. The lowest BCUT2D eigenvalue weighted by atomic mass is 9.95. The Bertz CT molecular complexity index is 871. The van der Waals surface area contributed by atoms with Gasteiger partial charge in [0.15, 0.2) is 0 Å². The van der Waals surface area contributed by atoms with E-state index in [2.05, 4.69) is 52.9 Å². The molecule has 2 aromatic rings. The van der Waals surface area contributed by atoms with Gasteiger partial charge >= 0.3 is 0 Å². The molecule has 6 heteroatoms. The minimum Gasteiger partial charge on any atom is -0.376 e. The van der Waals surface area contributed by atoms with E-state index in [4.69, 9.17) is 9.72 Å². The number of pyridine rings is 1. The molecule has 0 spiro atoms. The zero-order valence-electron chi connectivity index (χ0n) is 17.1. The molecule has 2 aliphatic heterocycles. The standard InChI is InChI=1S/C23H29N5O/c1-28-12-10-19-20(14-24)22(25-11-9-17-6-3-2-4-7-17)27-23(21(19)16-28)26-15-18-8-5-13-29-18/h2-4,6-7,18H,5,8-13,15-16H2,1H3,(H2,25,26,27). The van der Waals surface area contributed by atoms with Crippen molar-refractivity contribution in [2.45, 2.75) is 38.3 Å². The third kappa shape index (κ3) is 4.69. The molecule has 1 fully saturated rings. The van der Waals surface area contributed by atoms with Gasteiger partial charge in [-0.1, -0.05) is 30.3 Å². The third-order valence-corrected chi connectivity index (χ3v) is 5.77. The first-order chi connectivity index (χ1) is 14.2. The zero-order chi connectivity index (χ0) is 20.1. The molecule has 3 heterocycles. The van der Waals surface area contributed by atoms with Gasteiger partial charge in [-0.15, -0.1) is 0 Å². The predicted octanol–water partition coefficient (Wildman–Crippen LogP) is 3.19. The van der Waals surface area contributed by atoms with Crippen LogP contribution in [0.2, 0.25) is 0 Å². The first-order valence-electron chi connectivity index (χ1n) is 10.5. The molecule has 0 aliphatic carbocycles. The third-order valence-electron chi connectivity index (χ3n) is 5.77. The number of benzene rings is 1. The van der Waals surface area contributed by atoms with Gasteiger partial charge in [-0.2, -0.15) is 5.26 Å². The van der Waals surface area contributed by atoms with Crippen LogP contribution in [0.4, 0.5) is 11.6 Å². The van der Waals surface area contributed by atoms with Crippen molar-refractivity contribution < 1.29 is 4.74 Å². The maximum absolute atomic E-state index is 9.87. The van der Waals surface area contributed by atoms with Crippen molar-refractivity contribution in [3.8, 4) is 6.07 Å². The molecule has 0 amide bonds. The van der Waals surface area contributed by atoms with Gasteiger partial charge in [-0.25, -0.2) is 4.98 Å². The van der Waals surface area contributed by atoms with E-state index in [1.807, 2.05) is 6.07 Å². The zero-order valence-corrected chi connectivity index (χ0v) is 17.1. The summed E-state index contributed by atoms with van der Waals surface area (Å²) in [7, 11) is 2.12. The highest BCUT2D eigenvalue weighted by molar-refractivity contribution is 5.66. The molecule has 152 valence electrons. The van der Waals surface area contributed by atoms with Crippen molar-refractivity contribution >= 4 is 11.6 Å². The highest BCUT2D eigenvalue weighted by atomic mass is 16.5. The van der Waals surface area contributed by atoms with Crippen LogP contribution in [-0.4, -0.2) is 49.3 Å². The molecule has 4 rings (SSSR count). The molecule has 6 nitrogen and oxygen atoms in total. The highest BCUT2D eigenvalue weighted by Crippen LogP contribution is 2.31. The van der Waals surface area contributed by atoms with Gasteiger partial charge in [-0.3, -0.25) is 0 Å². The summed E-state index contributed by atoms with van der Waals surface area (Å²) in [6.07, 6.45) is 4.23.